The van der Waals surface area contributed by atoms with E-state index < -0.39 is 25.0 Å². The Labute approximate surface area is 158 Å². The highest BCUT2D eigenvalue weighted by molar-refractivity contribution is 7.76. The lowest BCUT2D eigenvalue weighted by molar-refractivity contribution is -0.189. The van der Waals surface area contributed by atoms with Crippen LogP contribution in [0.2, 0.25) is 0 Å². The van der Waals surface area contributed by atoms with E-state index in [0.29, 0.717) is 4.83 Å². The van der Waals surface area contributed by atoms with E-state index in [1.165, 1.54) is 24.3 Å². The predicted octanol–water partition coefficient (Wildman–Crippen LogP) is 4.72. The standard InChI is InChI=1S/C20H14F4NO2P/c21-16-13-11-15(12-14-16)19(20(22,23)24)25(27-19)28(26,17-7-3-1-4-8-17)18-9-5-2-6-10-18/h1-14H. The monoisotopic (exact) mass is 407 g/mol. The lowest BCUT2D eigenvalue weighted by atomic mass is 10.1. The fraction of sp³-hybridized carbons (Fsp3) is 0.100. The van der Waals surface area contributed by atoms with Crippen molar-refractivity contribution in [3.05, 3.63) is 96.3 Å². The summed E-state index contributed by atoms with van der Waals surface area (Å²) < 4.78 is 69.7. The summed E-state index contributed by atoms with van der Waals surface area (Å²) in [7, 11) is -3.98. The second-order valence-electron chi connectivity index (χ2n) is 6.26. The summed E-state index contributed by atoms with van der Waals surface area (Å²) >= 11 is 0. The maximum absolute atomic E-state index is 14.1. The average Bonchev–Trinajstić information content (AvgIpc) is 3.47. The normalized spacial score (nSPS) is 22.1. The minimum absolute atomic E-state index is 0.203. The summed E-state index contributed by atoms with van der Waals surface area (Å²) in [4.78, 5) is 5.60. The Bertz CT molecular complexity index is 982. The summed E-state index contributed by atoms with van der Waals surface area (Å²) in [6.45, 7) is 0. The Hall–Kier alpha value is -2.47. The van der Waals surface area contributed by atoms with Crippen LogP contribution in [0.3, 0.4) is 0 Å². The van der Waals surface area contributed by atoms with Gasteiger partial charge in [0.15, 0.2) is 0 Å². The molecule has 1 aliphatic heterocycles. The van der Waals surface area contributed by atoms with E-state index >= 15 is 0 Å². The van der Waals surface area contributed by atoms with Crippen LogP contribution in [0.1, 0.15) is 5.56 Å². The molecule has 4 rings (SSSR count). The smallest absolute Gasteiger partial charge is 0.294 e. The highest BCUT2D eigenvalue weighted by Gasteiger charge is 2.79. The second-order valence-corrected chi connectivity index (χ2v) is 8.81. The molecule has 1 saturated heterocycles. The van der Waals surface area contributed by atoms with Gasteiger partial charge in [0.25, 0.3) is 5.72 Å². The molecule has 0 spiro atoms. The number of halogens is 4. The van der Waals surface area contributed by atoms with Gasteiger partial charge in [0.05, 0.1) is 0 Å². The molecule has 0 saturated carbocycles. The fourth-order valence-corrected chi connectivity index (χ4v) is 5.87. The van der Waals surface area contributed by atoms with E-state index in [2.05, 4.69) is 0 Å². The molecule has 28 heavy (non-hydrogen) atoms. The van der Waals surface area contributed by atoms with Crippen molar-refractivity contribution >= 4 is 17.9 Å². The summed E-state index contributed by atoms with van der Waals surface area (Å²) in [6.07, 6.45) is -4.90. The zero-order chi connectivity index (χ0) is 20.0. The molecule has 1 heterocycles. The Morgan fingerprint density at radius 3 is 1.68 bits per heavy atom. The molecule has 1 fully saturated rings. The fourth-order valence-electron chi connectivity index (χ4n) is 3.14. The molecular formula is C20H14F4NO2P. The van der Waals surface area contributed by atoms with Gasteiger partial charge in [-0.05, 0) is 36.4 Å². The molecular weight excluding hydrogens is 393 g/mol. The minimum atomic E-state index is -4.90. The van der Waals surface area contributed by atoms with Crippen LogP contribution in [0, 0.1) is 5.82 Å². The molecule has 2 atom stereocenters. The summed E-state index contributed by atoms with van der Waals surface area (Å²) in [5, 5.41) is 0.406. The van der Waals surface area contributed by atoms with Gasteiger partial charge in [0.2, 0.25) is 7.29 Å². The topological polar surface area (TPSA) is 32.6 Å². The van der Waals surface area contributed by atoms with E-state index in [9.17, 15) is 22.1 Å². The summed E-state index contributed by atoms with van der Waals surface area (Å²) in [5.41, 5.74) is -3.25. The quantitative estimate of drug-likeness (QED) is 0.357. The van der Waals surface area contributed by atoms with Crippen molar-refractivity contribution in [2.45, 2.75) is 11.9 Å². The Kier molecular flexibility index (Phi) is 4.42. The number of alkyl halides is 3. The molecule has 0 amide bonds. The van der Waals surface area contributed by atoms with Crippen LogP contribution in [-0.2, 0) is 15.1 Å². The van der Waals surface area contributed by atoms with Crippen LogP contribution in [0.4, 0.5) is 17.6 Å². The maximum atomic E-state index is 14.1. The van der Waals surface area contributed by atoms with Crippen molar-refractivity contribution in [1.82, 2.24) is 4.83 Å². The first-order valence-electron chi connectivity index (χ1n) is 8.34. The maximum Gasteiger partial charge on any atom is 0.440 e. The first kappa shape index (κ1) is 18.9. The lowest BCUT2D eigenvalue weighted by Gasteiger charge is -2.22. The van der Waals surface area contributed by atoms with E-state index in [1.54, 1.807) is 36.4 Å². The molecule has 0 aromatic heterocycles. The molecule has 0 radical (unpaired) electrons. The molecule has 3 aromatic rings. The van der Waals surface area contributed by atoms with Crippen molar-refractivity contribution in [3.8, 4) is 0 Å². The third kappa shape index (κ3) is 2.78. The minimum Gasteiger partial charge on any atom is -0.294 e. The molecule has 0 aliphatic carbocycles. The summed E-state index contributed by atoms with van der Waals surface area (Å²) in [5.74, 6) is -0.678. The number of nitrogens with zero attached hydrogens (tertiary/aromatic N) is 1. The van der Waals surface area contributed by atoms with Gasteiger partial charge in [0, 0.05) is 16.2 Å². The van der Waals surface area contributed by atoms with Crippen LogP contribution >= 0.6 is 7.29 Å². The lowest BCUT2D eigenvalue weighted by Crippen LogP contribution is -2.36. The van der Waals surface area contributed by atoms with E-state index in [1.807, 2.05) is 0 Å². The van der Waals surface area contributed by atoms with Crippen molar-refractivity contribution in [1.29, 1.82) is 0 Å². The molecule has 3 nitrogen and oxygen atoms in total. The number of hydroxylamine groups is 1. The van der Waals surface area contributed by atoms with Crippen LogP contribution in [0.15, 0.2) is 84.9 Å². The number of rotatable bonds is 4. The van der Waals surface area contributed by atoms with Crippen molar-refractivity contribution in [2.24, 2.45) is 0 Å². The molecule has 3 aromatic carbocycles. The van der Waals surface area contributed by atoms with Crippen molar-refractivity contribution < 1.29 is 27.0 Å². The van der Waals surface area contributed by atoms with Gasteiger partial charge >= 0.3 is 6.18 Å². The van der Waals surface area contributed by atoms with Gasteiger partial charge in [-0.15, -0.1) is 0 Å². The Balaban J connectivity index is 1.91. The number of benzene rings is 3. The van der Waals surface area contributed by atoms with Gasteiger partial charge < -0.3 is 0 Å². The highest BCUT2D eigenvalue weighted by atomic mass is 31.2. The largest absolute Gasteiger partial charge is 0.440 e. The molecule has 1 aliphatic rings. The third-order valence-corrected chi connectivity index (χ3v) is 7.41. The molecule has 8 heteroatoms. The number of hydrogen-bond acceptors (Lipinski definition) is 2. The van der Waals surface area contributed by atoms with E-state index in [4.69, 9.17) is 4.84 Å². The van der Waals surface area contributed by atoms with Crippen LogP contribution in [0.25, 0.3) is 0 Å². The van der Waals surface area contributed by atoms with Crippen LogP contribution in [0.5, 0.6) is 0 Å². The summed E-state index contributed by atoms with van der Waals surface area (Å²) in [6, 6.07) is 19.6. The average molecular weight is 407 g/mol. The first-order chi connectivity index (χ1) is 13.3. The van der Waals surface area contributed by atoms with Crippen molar-refractivity contribution in [3.63, 3.8) is 0 Å². The van der Waals surface area contributed by atoms with Crippen molar-refractivity contribution in [2.75, 3.05) is 0 Å². The van der Waals surface area contributed by atoms with E-state index in [-0.39, 0.29) is 16.2 Å². The molecule has 2 unspecified atom stereocenters. The van der Waals surface area contributed by atoms with Gasteiger partial charge in [-0.3, -0.25) is 4.57 Å². The third-order valence-electron chi connectivity index (χ3n) is 4.54. The zero-order valence-electron chi connectivity index (χ0n) is 14.3. The van der Waals surface area contributed by atoms with Gasteiger partial charge in [-0.1, -0.05) is 53.4 Å². The van der Waals surface area contributed by atoms with E-state index in [0.717, 1.165) is 24.3 Å². The van der Waals surface area contributed by atoms with Crippen LogP contribution < -0.4 is 10.6 Å². The van der Waals surface area contributed by atoms with Gasteiger partial charge in [-0.2, -0.15) is 13.2 Å². The predicted molar refractivity (Wildman–Crippen MR) is 96.8 cm³/mol. The second kappa shape index (κ2) is 6.55. The Morgan fingerprint density at radius 1 is 0.786 bits per heavy atom. The molecule has 144 valence electrons. The zero-order valence-corrected chi connectivity index (χ0v) is 15.2. The molecule has 0 bridgehead atoms. The highest BCUT2D eigenvalue weighted by Crippen LogP contribution is 2.69. The Morgan fingerprint density at radius 2 is 1.25 bits per heavy atom. The van der Waals surface area contributed by atoms with Crippen LogP contribution in [-0.4, -0.2) is 11.0 Å². The number of hydrogen-bond donors (Lipinski definition) is 0. The molecule has 0 N–H and O–H groups in total. The first-order valence-corrected chi connectivity index (χ1v) is 10.00. The SMILES string of the molecule is O=P(c1ccccc1)(c1ccccc1)N1OC1(c1ccc(F)cc1)C(F)(F)F. The van der Waals surface area contributed by atoms with Gasteiger partial charge in [0.1, 0.15) is 5.82 Å². The van der Waals surface area contributed by atoms with Gasteiger partial charge in [-0.25, -0.2) is 9.23 Å².